The molecular weight excluding hydrogens is 880 g/mol. The van der Waals surface area contributed by atoms with Crippen molar-refractivity contribution in [2.24, 2.45) is 54.0 Å². The Balaban J connectivity index is 1.45. The number of Topliss-reactive ketones (excluding diaryl/α,β-unsaturated/α-hetero) is 2. The second-order valence-corrected chi connectivity index (χ2v) is 21.7. The fourth-order valence-corrected chi connectivity index (χ4v) is 8.23. The van der Waals surface area contributed by atoms with Crippen molar-refractivity contribution in [3.8, 4) is 11.5 Å². The van der Waals surface area contributed by atoms with Gasteiger partial charge in [-0.2, -0.15) is 20.5 Å². The van der Waals surface area contributed by atoms with Gasteiger partial charge < -0.3 is 8.83 Å². The molecule has 0 spiro atoms. The van der Waals surface area contributed by atoms with Crippen molar-refractivity contribution in [3.63, 3.8) is 0 Å². The molecule has 0 amide bonds. The average molecular weight is 937 g/mol. The first kappa shape index (κ1) is 45.0. The van der Waals surface area contributed by atoms with Crippen LogP contribution in [0.3, 0.4) is 0 Å². The SMILES string of the molecule is CC(C)(C)C1=CC(C(/N=N/c2cccc(Br)c2)c2ccc(-c3ccc(C(/N=N/c4cccc(Br)c4)C4C=C(C(C)(C)C)C(=O)C(C(C)(C)C)=C4)o3)o2)C=C(C(C)(C)C)C1=O. The molecule has 2 aromatic carbocycles. The van der Waals surface area contributed by atoms with E-state index >= 15 is 0 Å². The third-order valence-corrected chi connectivity index (χ3v) is 11.7. The summed E-state index contributed by atoms with van der Waals surface area (Å²) in [5, 5.41) is 19.2. The smallest absolute Gasteiger partial charge is 0.185 e. The Hall–Kier alpha value is -4.54. The van der Waals surface area contributed by atoms with Gasteiger partial charge in [0.25, 0.3) is 0 Å². The number of rotatable bonds is 9. The molecule has 0 N–H and O–H groups in total. The number of halogens is 2. The van der Waals surface area contributed by atoms with Gasteiger partial charge in [0.1, 0.15) is 23.6 Å². The monoisotopic (exact) mass is 934 g/mol. The molecule has 314 valence electrons. The highest BCUT2D eigenvalue weighted by molar-refractivity contribution is 9.10. The molecule has 2 aromatic heterocycles. The van der Waals surface area contributed by atoms with Crippen LogP contribution in [-0.2, 0) is 9.59 Å². The zero-order valence-electron chi connectivity index (χ0n) is 36.7. The Bertz CT molecular complexity index is 2230. The lowest BCUT2D eigenvalue weighted by molar-refractivity contribution is -0.115. The largest absolute Gasteiger partial charge is 0.455 e. The topological polar surface area (TPSA) is 110 Å². The molecule has 0 radical (unpaired) electrons. The Kier molecular flexibility index (Phi) is 12.8. The van der Waals surface area contributed by atoms with Crippen molar-refractivity contribution < 1.29 is 18.4 Å². The maximum absolute atomic E-state index is 13.9. The van der Waals surface area contributed by atoms with Crippen LogP contribution in [0.2, 0.25) is 0 Å². The minimum absolute atomic E-state index is 0.0556. The molecule has 2 unspecified atom stereocenters. The van der Waals surface area contributed by atoms with Crippen LogP contribution in [0.5, 0.6) is 0 Å². The molecule has 2 aliphatic rings. The van der Waals surface area contributed by atoms with E-state index in [-0.39, 0.29) is 23.4 Å². The van der Waals surface area contributed by atoms with Gasteiger partial charge in [0.05, 0.1) is 11.4 Å². The predicted molar refractivity (Wildman–Crippen MR) is 246 cm³/mol. The quantitative estimate of drug-likeness (QED) is 0.156. The van der Waals surface area contributed by atoms with Crippen LogP contribution >= 0.6 is 31.9 Å². The van der Waals surface area contributed by atoms with Crippen molar-refractivity contribution in [2.45, 2.75) is 95.2 Å². The van der Waals surface area contributed by atoms with Gasteiger partial charge in [-0.15, -0.1) is 0 Å². The zero-order valence-corrected chi connectivity index (χ0v) is 39.9. The molecule has 0 bridgehead atoms. The molecule has 60 heavy (non-hydrogen) atoms. The predicted octanol–water partition coefficient (Wildman–Crippen LogP) is 16.0. The first-order valence-electron chi connectivity index (χ1n) is 20.4. The number of hydrogen-bond donors (Lipinski definition) is 0. The van der Waals surface area contributed by atoms with Crippen molar-refractivity contribution in [2.75, 3.05) is 0 Å². The number of benzene rings is 2. The van der Waals surface area contributed by atoms with Crippen LogP contribution in [0, 0.1) is 33.5 Å². The standard InChI is InChI=1S/C50H56Br2N4O4/c1-47(2,3)35-23-29(24-36(45(35)57)48(4,5)6)43(55-53-33-17-13-15-31(51)27-33)41-21-19-39(59-41)40-20-22-42(60-40)44(56-54-34-18-14-16-32(52)28-34)30-25-37(49(7,8)9)46(58)38(26-30)50(10,11)12/h13-30,43-44H,1-12H3/b55-53+,56-54+. The Labute approximate surface area is 371 Å². The Morgan fingerprint density at radius 2 is 0.800 bits per heavy atom. The summed E-state index contributed by atoms with van der Waals surface area (Å²) in [6.07, 6.45) is 8.13. The number of furan rings is 2. The van der Waals surface area contributed by atoms with Crippen molar-refractivity contribution in [1.82, 2.24) is 0 Å². The van der Waals surface area contributed by atoms with Crippen LogP contribution in [0.1, 0.15) is 107 Å². The lowest BCUT2D eigenvalue weighted by Crippen LogP contribution is -2.30. The molecule has 6 rings (SSSR count). The van der Waals surface area contributed by atoms with Gasteiger partial charge >= 0.3 is 0 Å². The number of ketones is 2. The van der Waals surface area contributed by atoms with Crippen LogP contribution in [-0.4, -0.2) is 11.6 Å². The molecule has 8 nitrogen and oxygen atoms in total. The fraction of sp³-hybridized carbons (Fsp3) is 0.400. The first-order valence-corrected chi connectivity index (χ1v) is 22.0. The average Bonchev–Trinajstić information content (AvgIpc) is 3.82. The number of carbonyl (C=O) groups is 2. The van der Waals surface area contributed by atoms with E-state index in [4.69, 9.17) is 19.1 Å². The maximum Gasteiger partial charge on any atom is 0.185 e. The Morgan fingerprint density at radius 3 is 1.08 bits per heavy atom. The van der Waals surface area contributed by atoms with Gasteiger partial charge in [-0.3, -0.25) is 9.59 Å². The van der Waals surface area contributed by atoms with E-state index < -0.39 is 33.7 Å². The minimum Gasteiger partial charge on any atom is -0.455 e. The van der Waals surface area contributed by atoms with E-state index in [0.29, 0.717) is 34.4 Å². The minimum atomic E-state index is -0.594. The van der Waals surface area contributed by atoms with Gasteiger partial charge in [-0.25, -0.2) is 0 Å². The molecule has 2 heterocycles. The second-order valence-electron chi connectivity index (χ2n) is 19.8. The third-order valence-electron chi connectivity index (χ3n) is 10.7. The molecule has 4 aromatic rings. The summed E-state index contributed by atoms with van der Waals surface area (Å²) in [6, 6.07) is 21.7. The normalized spacial score (nSPS) is 17.6. The molecule has 0 saturated carbocycles. The van der Waals surface area contributed by atoms with E-state index in [0.717, 1.165) is 31.2 Å². The van der Waals surface area contributed by atoms with E-state index in [2.05, 4.69) is 125 Å². The molecule has 2 atom stereocenters. The van der Waals surface area contributed by atoms with Crippen LogP contribution in [0.25, 0.3) is 11.5 Å². The zero-order chi connectivity index (χ0) is 43.9. The summed E-state index contributed by atoms with van der Waals surface area (Å²) in [5.41, 5.74) is 2.75. The third kappa shape index (κ3) is 10.3. The number of nitrogens with zero attached hydrogens (tertiary/aromatic N) is 4. The summed E-state index contributed by atoms with van der Waals surface area (Å²) in [6.45, 7) is 24.8. The van der Waals surface area contributed by atoms with Crippen molar-refractivity contribution >= 4 is 54.8 Å². The van der Waals surface area contributed by atoms with Gasteiger partial charge in [-0.05, 0) is 82.3 Å². The number of allylic oxidation sites excluding steroid dienone is 4. The summed E-state index contributed by atoms with van der Waals surface area (Å²) in [4.78, 5) is 27.8. The highest BCUT2D eigenvalue weighted by Crippen LogP contribution is 2.46. The summed E-state index contributed by atoms with van der Waals surface area (Å²) in [5.74, 6) is 1.62. The first-order chi connectivity index (χ1) is 27.9. The van der Waals surface area contributed by atoms with Gasteiger partial charge in [-0.1, -0.05) is 151 Å². The maximum atomic E-state index is 13.9. The van der Waals surface area contributed by atoms with Gasteiger partial charge in [0, 0.05) is 43.1 Å². The van der Waals surface area contributed by atoms with Crippen LogP contribution in [0.4, 0.5) is 11.4 Å². The molecule has 0 fully saturated rings. The van der Waals surface area contributed by atoms with Crippen LogP contribution < -0.4 is 0 Å². The van der Waals surface area contributed by atoms with Gasteiger partial charge in [0.15, 0.2) is 23.1 Å². The fourth-order valence-electron chi connectivity index (χ4n) is 7.46. The Morgan fingerprint density at radius 1 is 0.483 bits per heavy atom. The van der Waals surface area contributed by atoms with Gasteiger partial charge in [0.2, 0.25) is 0 Å². The van der Waals surface area contributed by atoms with Crippen molar-refractivity contribution in [1.29, 1.82) is 0 Å². The van der Waals surface area contributed by atoms with E-state index in [1.54, 1.807) is 0 Å². The molecule has 10 heteroatoms. The summed E-state index contributed by atoms with van der Waals surface area (Å²) in [7, 11) is 0. The molecular formula is C50H56Br2N4O4. The highest BCUT2D eigenvalue weighted by atomic mass is 79.9. The second kappa shape index (κ2) is 17.1. The number of carbonyl (C=O) groups excluding carboxylic acids is 2. The molecule has 0 aliphatic heterocycles. The molecule has 2 aliphatic carbocycles. The van der Waals surface area contributed by atoms with Crippen LogP contribution in [0.15, 0.2) is 158 Å². The highest BCUT2D eigenvalue weighted by Gasteiger charge is 2.40. The number of hydrogen-bond acceptors (Lipinski definition) is 8. The van der Waals surface area contributed by atoms with E-state index in [1.165, 1.54) is 0 Å². The summed E-state index contributed by atoms with van der Waals surface area (Å²) >= 11 is 7.10. The lowest BCUT2D eigenvalue weighted by atomic mass is 9.70. The van der Waals surface area contributed by atoms with Crippen molar-refractivity contribution in [3.05, 3.63) is 140 Å². The van der Waals surface area contributed by atoms with E-state index in [1.807, 2.05) is 97.1 Å². The number of azo groups is 2. The molecule has 0 saturated heterocycles. The lowest BCUT2D eigenvalue weighted by Gasteiger charge is -2.34. The van der Waals surface area contributed by atoms with E-state index in [9.17, 15) is 9.59 Å². The summed E-state index contributed by atoms with van der Waals surface area (Å²) < 4.78 is 15.1.